The highest BCUT2D eigenvalue weighted by Crippen LogP contribution is 2.49. The molecule has 0 heterocycles. The number of rotatable bonds is 5. The maximum absolute atomic E-state index is 12.0. The van der Waals surface area contributed by atoms with Crippen molar-refractivity contribution >= 4 is 17.9 Å². The van der Waals surface area contributed by atoms with Crippen LogP contribution in [0, 0.1) is 17.8 Å². The van der Waals surface area contributed by atoms with E-state index in [-0.39, 0.29) is 17.4 Å². The van der Waals surface area contributed by atoms with E-state index >= 15 is 0 Å². The molecule has 2 bridgehead atoms. The Bertz CT molecular complexity index is 705. The summed E-state index contributed by atoms with van der Waals surface area (Å²) in [6.07, 6.45) is 4.92. The van der Waals surface area contributed by atoms with Crippen LogP contribution in [0.3, 0.4) is 0 Å². The van der Waals surface area contributed by atoms with Crippen LogP contribution in [0.5, 0.6) is 5.75 Å². The molecule has 0 aromatic heterocycles. The first kappa shape index (κ1) is 18.2. The summed E-state index contributed by atoms with van der Waals surface area (Å²) in [5.41, 5.74) is 0.132. The van der Waals surface area contributed by atoms with E-state index in [4.69, 9.17) is 4.74 Å². The minimum absolute atomic E-state index is 0.00736. The predicted molar refractivity (Wildman–Crippen MR) is 93.5 cm³/mol. The molecule has 0 radical (unpaired) electrons. The van der Waals surface area contributed by atoms with Gasteiger partial charge in [0.2, 0.25) is 0 Å². The van der Waals surface area contributed by atoms with E-state index in [1.54, 1.807) is 0 Å². The molecule has 7 heteroatoms. The fourth-order valence-electron chi connectivity index (χ4n) is 4.27. The molecule has 0 aliphatic heterocycles. The first-order valence-corrected chi connectivity index (χ1v) is 8.99. The van der Waals surface area contributed by atoms with Gasteiger partial charge < -0.3 is 15.2 Å². The smallest absolute Gasteiger partial charge is 0.338 e. The van der Waals surface area contributed by atoms with Gasteiger partial charge in [-0.1, -0.05) is 12.5 Å². The number of phenolic OH excluding ortho intramolecular Hbond substituents is 1. The van der Waals surface area contributed by atoms with Crippen LogP contribution in [0.25, 0.3) is 0 Å². The Hall–Kier alpha value is -2.57. The summed E-state index contributed by atoms with van der Waals surface area (Å²) in [5.74, 6) is 0.420. The molecule has 7 nitrogen and oxygen atoms in total. The number of phenols is 1. The molecule has 4 atom stereocenters. The number of amides is 3. The summed E-state index contributed by atoms with van der Waals surface area (Å²) in [4.78, 5) is 35.6. The SMILES string of the molecule is C[C@@H](NC(=O)NC(=O)COC(=O)c1cccc(O)c1)[C@@H]1C[C@H]2CC[C@H]1C2. The predicted octanol–water partition coefficient (Wildman–Crippen LogP) is 2.20. The highest BCUT2D eigenvalue weighted by molar-refractivity contribution is 5.97. The van der Waals surface area contributed by atoms with Gasteiger partial charge in [-0.15, -0.1) is 0 Å². The van der Waals surface area contributed by atoms with Crippen LogP contribution in [0.15, 0.2) is 24.3 Å². The number of ether oxygens (including phenoxy) is 1. The summed E-state index contributed by atoms with van der Waals surface area (Å²) in [7, 11) is 0. The third-order valence-corrected chi connectivity index (χ3v) is 5.46. The number of hydrogen-bond acceptors (Lipinski definition) is 5. The summed E-state index contributed by atoms with van der Waals surface area (Å²) < 4.78 is 4.85. The topological polar surface area (TPSA) is 105 Å². The van der Waals surface area contributed by atoms with Crippen molar-refractivity contribution in [2.45, 2.75) is 38.6 Å². The molecule has 1 aromatic rings. The lowest BCUT2D eigenvalue weighted by Gasteiger charge is -2.28. The molecule has 0 spiro atoms. The third kappa shape index (κ3) is 4.33. The third-order valence-electron chi connectivity index (χ3n) is 5.46. The molecule has 26 heavy (non-hydrogen) atoms. The summed E-state index contributed by atoms with van der Waals surface area (Å²) in [6.45, 7) is 1.40. The quantitative estimate of drug-likeness (QED) is 0.698. The normalized spacial score (nSPS) is 24.7. The second kappa shape index (κ2) is 7.76. The lowest BCUT2D eigenvalue weighted by molar-refractivity contribution is -0.123. The Morgan fingerprint density at radius 1 is 1.27 bits per heavy atom. The van der Waals surface area contributed by atoms with E-state index in [1.165, 1.54) is 43.5 Å². The summed E-state index contributed by atoms with van der Waals surface area (Å²) in [5, 5.41) is 14.3. The molecule has 2 saturated carbocycles. The average molecular weight is 360 g/mol. The van der Waals surface area contributed by atoms with Crippen LogP contribution in [-0.2, 0) is 9.53 Å². The maximum atomic E-state index is 12.0. The first-order valence-electron chi connectivity index (χ1n) is 8.99. The van der Waals surface area contributed by atoms with E-state index in [0.29, 0.717) is 11.8 Å². The fraction of sp³-hybridized carbons (Fsp3) is 0.526. The molecule has 3 amide bonds. The number of imide groups is 1. The van der Waals surface area contributed by atoms with Gasteiger partial charge in [0.15, 0.2) is 6.61 Å². The number of hydrogen-bond donors (Lipinski definition) is 3. The fourth-order valence-corrected chi connectivity index (χ4v) is 4.27. The van der Waals surface area contributed by atoms with Crippen LogP contribution in [0.2, 0.25) is 0 Å². The minimum atomic E-state index is -0.744. The Morgan fingerprint density at radius 2 is 2.08 bits per heavy atom. The highest BCUT2D eigenvalue weighted by atomic mass is 16.5. The van der Waals surface area contributed by atoms with Gasteiger partial charge in [-0.3, -0.25) is 10.1 Å². The second-order valence-electron chi connectivity index (χ2n) is 7.28. The van der Waals surface area contributed by atoms with Crippen molar-refractivity contribution in [1.82, 2.24) is 10.6 Å². The van der Waals surface area contributed by atoms with Gasteiger partial charge >= 0.3 is 12.0 Å². The van der Waals surface area contributed by atoms with E-state index in [1.807, 2.05) is 6.92 Å². The second-order valence-corrected chi connectivity index (χ2v) is 7.28. The van der Waals surface area contributed by atoms with Crippen LogP contribution in [0.4, 0.5) is 4.79 Å². The Kier molecular flexibility index (Phi) is 5.44. The molecule has 2 fully saturated rings. The van der Waals surface area contributed by atoms with Gasteiger partial charge in [0.25, 0.3) is 5.91 Å². The van der Waals surface area contributed by atoms with Crippen molar-refractivity contribution in [1.29, 1.82) is 0 Å². The molecule has 3 N–H and O–H groups in total. The molecule has 0 unspecified atom stereocenters. The molecule has 2 aliphatic carbocycles. The lowest BCUT2D eigenvalue weighted by Crippen LogP contribution is -2.48. The van der Waals surface area contributed by atoms with Crippen molar-refractivity contribution in [3.63, 3.8) is 0 Å². The van der Waals surface area contributed by atoms with Crippen molar-refractivity contribution in [2.75, 3.05) is 6.61 Å². The number of aromatic hydroxyl groups is 1. The monoisotopic (exact) mass is 360 g/mol. The average Bonchev–Trinajstić information content (AvgIpc) is 3.22. The van der Waals surface area contributed by atoms with Crippen LogP contribution in [0.1, 0.15) is 43.0 Å². The number of nitrogens with one attached hydrogen (secondary N) is 2. The van der Waals surface area contributed by atoms with Gasteiger partial charge in [0.05, 0.1) is 5.56 Å². The number of fused-ring (bicyclic) bond motifs is 2. The number of esters is 1. The zero-order valence-electron chi connectivity index (χ0n) is 14.7. The maximum Gasteiger partial charge on any atom is 0.338 e. The van der Waals surface area contributed by atoms with Gasteiger partial charge in [-0.25, -0.2) is 9.59 Å². The van der Waals surface area contributed by atoms with Crippen LogP contribution in [-0.4, -0.2) is 35.7 Å². The van der Waals surface area contributed by atoms with Gasteiger partial charge in [-0.05, 0) is 62.1 Å². The Morgan fingerprint density at radius 3 is 2.73 bits per heavy atom. The molecule has 1 aromatic carbocycles. The van der Waals surface area contributed by atoms with E-state index in [2.05, 4.69) is 10.6 Å². The minimum Gasteiger partial charge on any atom is -0.508 e. The highest BCUT2D eigenvalue weighted by Gasteiger charge is 2.42. The molecule has 2 aliphatic rings. The number of carbonyl (C=O) groups is 3. The van der Waals surface area contributed by atoms with E-state index in [0.717, 1.165) is 12.3 Å². The zero-order chi connectivity index (χ0) is 18.7. The van der Waals surface area contributed by atoms with E-state index in [9.17, 15) is 19.5 Å². The summed E-state index contributed by atoms with van der Waals surface area (Å²) >= 11 is 0. The Balaban J connectivity index is 1.40. The number of benzene rings is 1. The van der Waals surface area contributed by atoms with Crippen molar-refractivity contribution in [3.8, 4) is 5.75 Å². The van der Waals surface area contributed by atoms with Gasteiger partial charge in [0.1, 0.15) is 5.75 Å². The molecule has 3 rings (SSSR count). The van der Waals surface area contributed by atoms with Crippen molar-refractivity contribution < 1.29 is 24.2 Å². The molecular formula is C19H24N2O5. The van der Waals surface area contributed by atoms with E-state index < -0.39 is 24.5 Å². The molecule has 0 saturated heterocycles. The van der Waals surface area contributed by atoms with Crippen LogP contribution < -0.4 is 10.6 Å². The Labute approximate surface area is 152 Å². The van der Waals surface area contributed by atoms with Crippen molar-refractivity contribution in [2.24, 2.45) is 17.8 Å². The number of carbonyl (C=O) groups excluding carboxylic acids is 3. The number of urea groups is 1. The van der Waals surface area contributed by atoms with Crippen molar-refractivity contribution in [3.05, 3.63) is 29.8 Å². The van der Waals surface area contributed by atoms with Crippen LogP contribution >= 0.6 is 0 Å². The standard InChI is InChI=1S/C19H24N2O5/c1-11(16-8-12-5-6-13(16)7-12)20-19(25)21-17(23)10-26-18(24)14-3-2-4-15(22)9-14/h2-4,9,11-13,16,22H,5-8,10H2,1H3,(H2,20,21,23,25)/t11-,12+,13+,16+/m1/s1. The molecular weight excluding hydrogens is 336 g/mol. The largest absolute Gasteiger partial charge is 0.508 e. The zero-order valence-corrected chi connectivity index (χ0v) is 14.7. The first-order chi connectivity index (χ1) is 12.4. The summed E-state index contributed by atoms with van der Waals surface area (Å²) in [6, 6.07) is 5.06. The van der Waals surface area contributed by atoms with Gasteiger partial charge in [0, 0.05) is 6.04 Å². The molecule has 140 valence electrons. The van der Waals surface area contributed by atoms with Gasteiger partial charge in [-0.2, -0.15) is 0 Å². The lowest BCUT2D eigenvalue weighted by atomic mass is 9.84.